The Hall–Kier alpha value is -3.73. The Balaban J connectivity index is 1.43. The van der Waals surface area contributed by atoms with Gasteiger partial charge in [-0.25, -0.2) is 0 Å². The van der Waals surface area contributed by atoms with Crippen LogP contribution in [-0.4, -0.2) is 4.98 Å². The molecular formula is C30H21NOS2. The van der Waals surface area contributed by atoms with Crippen LogP contribution in [0, 0.1) is 0 Å². The van der Waals surface area contributed by atoms with E-state index in [4.69, 9.17) is 4.74 Å². The standard InChI is InChI=1S/C30H21NOS2/c1-3-9-21(10-4-1)25-13-7-14-26-29(25)28(22-11-5-2-6-12-22)30(31-26)34-24-18-16-23(17-19-24)32-27-15-8-20-33-27/h1-20,31H. The molecule has 0 saturated carbocycles. The van der Waals surface area contributed by atoms with Crippen LogP contribution in [0.4, 0.5) is 0 Å². The number of aromatic amines is 1. The summed E-state index contributed by atoms with van der Waals surface area (Å²) in [5.74, 6) is 0.845. The van der Waals surface area contributed by atoms with E-state index in [-0.39, 0.29) is 0 Å². The Morgan fingerprint density at radius 2 is 1.38 bits per heavy atom. The molecule has 0 aliphatic carbocycles. The lowest BCUT2D eigenvalue weighted by Crippen LogP contribution is -1.84. The number of fused-ring (bicyclic) bond motifs is 1. The number of H-pyrrole nitrogens is 1. The first-order chi connectivity index (χ1) is 16.8. The molecule has 4 heteroatoms. The summed E-state index contributed by atoms with van der Waals surface area (Å²) in [6, 6.07) is 40.0. The van der Waals surface area contributed by atoms with Gasteiger partial charge in [0, 0.05) is 21.4 Å². The first-order valence-electron chi connectivity index (χ1n) is 11.1. The van der Waals surface area contributed by atoms with Gasteiger partial charge in [0.25, 0.3) is 0 Å². The van der Waals surface area contributed by atoms with Crippen molar-refractivity contribution in [3.05, 3.63) is 121 Å². The van der Waals surface area contributed by atoms with Crippen molar-refractivity contribution in [2.75, 3.05) is 0 Å². The minimum atomic E-state index is 0.845. The van der Waals surface area contributed by atoms with Gasteiger partial charge in [0.1, 0.15) is 5.75 Å². The number of aromatic nitrogens is 1. The molecule has 34 heavy (non-hydrogen) atoms. The molecule has 0 unspecified atom stereocenters. The van der Waals surface area contributed by atoms with E-state index in [9.17, 15) is 0 Å². The van der Waals surface area contributed by atoms with E-state index in [1.807, 2.05) is 29.6 Å². The van der Waals surface area contributed by atoms with Crippen LogP contribution in [0.2, 0.25) is 0 Å². The first kappa shape index (κ1) is 20.8. The van der Waals surface area contributed by atoms with Crippen molar-refractivity contribution in [2.24, 2.45) is 0 Å². The van der Waals surface area contributed by atoms with Crippen LogP contribution in [0.1, 0.15) is 0 Å². The molecule has 0 spiro atoms. The summed E-state index contributed by atoms with van der Waals surface area (Å²) in [5, 5.41) is 5.30. The predicted molar refractivity (Wildman–Crippen MR) is 144 cm³/mol. The third-order valence-corrected chi connectivity index (χ3v) is 7.46. The van der Waals surface area contributed by atoms with Crippen LogP contribution in [-0.2, 0) is 0 Å². The van der Waals surface area contributed by atoms with Gasteiger partial charge in [-0.3, -0.25) is 0 Å². The number of hydrogen-bond acceptors (Lipinski definition) is 3. The van der Waals surface area contributed by atoms with E-state index in [1.165, 1.54) is 27.6 Å². The summed E-state index contributed by atoms with van der Waals surface area (Å²) in [6.45, 7) is 0. The Kier molecular flexibility index (Phi) is 5.68. The van der Waals surface area contributed by atoms with E-state index in [0.29, 0.717) is 0 Å². The molecule has 0 aliphatic rings. The molecular weight excluding hydrogens is 454 g/mol. The molecule has 1 N–H and O–H groups in total. The summed E-state index contributed by atoms with van der Waals surface area (Å²) in [6.07, 6.45) is 0. The van der Waals surface area contributed by atoms with Gasteiger partial charge in [-0.15, -0.1) is 11.3 Å². The number of thiophene rings is 1. The zero-order chi connectivity index (χ0) is 22.7. The van der Waals surface area contributed by atoms with Crippen molar-refractivity contribution in [1.82, 2.24) is 4.98 Å². The number of rotatable bonds is 6. The normalized spacial score (nSPS) is 11.1. The van der Waals surface area contributed by atoms with E-state index in [2.05, 4.69) is 96.0 Å². The van der Waals surface area contributed by atoms with E-state index < -0.39 is 0 Å². The molecule has 2 aromatic heterocycles. The zero-order valence-corrected chi connectivity index (χ0v) is 19.9. The second kappa shape index (κ2) is 9.26. The third kappa shape index (κ3) is 4.14. The van der Waals surface area contributed by atoms with Gasteiger partial charge in [-0.1, -0.05) is 84.6 Å². The highest BCUT2D eigenvalue weighted by atomic mass is 32.2. The van der Waals surface area contributed by atoms with Gasteiger partial charge in [0.2, 0.25) is 0 Å². The van der Waals surface area contributed by atoms with Crippen molar-refractivity contribution >= 4 is 34.0 Å². The SMILES string of the molecule is c1ccc(-c2cccc3[nH]c(Sc4ccc(Oc5cccs5)cc4)c(-c4ccccc4)c23)cc1. The fourth-order valence-electron chi connectivity index (χ4n) is 4.17. The van der Waals surface area contributed by atoms with Gasteiger partial charge in [-0.2, -0.15) is 0 Å². The number of nitrogens with one attached hydrogen (secondary N) is 1. The van der Waals surface area contributed by atoms with Crippen LogP contribution in [0.25, 0.3) is 33.2 Å². The monoisotopic (exact) mass is 475 g/mol. The summed E-state index contributed by atoms with van der Waals surface area (Å²) >= 11 is 3.34. The van der Waals surface area contributed by atoms with Gasteiger partial charge in [0.15, 0.2) is 5.06 Å². The summed E-state index contributed by atoms with van der Waals surface area (Å²) in [7, 11) is 0. The summed E-state index contributed by atoms with van der Waals surface area (Å²) in [5.41, 5.74) is 6.03. The number of hydrogen-bond donors (Lipinski definition) is 1. The average molecular weight is 476 g/mol. The lowest BCUT2D eigenvalue weighted by atomic mass is 9.96. The smallest absolute Gasteiger partial charge is 0.180 e. The topological polar surface area (TPSA) is 25.0 Å². The minimum absolute atomic E-state index is 0.845. The van der Waals surface area contributed by atoms with E-state index in [0.717, 1.165) is 26.3 Å². The van der Waals surface area contributed by atoms with Gasteiger partial charge in [0.05, 0.1) is 5.03 Å². The average Bonchev–Trinajstić information content (AvgIpc) is 3.53. The number of ether oxygens (including phenoxy) is 1. The van der Waals surface area contributed by atoms with Gasteiger partial charge >= 0.3 is 0 Å². The molecule has 0 radical (unpaired) electrons. The molecule has 0 saturated heterocycles. The van der Waals surface area contributed by atoms with Crippen molar-refractivity contribution in [1.29, 1.82) is 0 Å². The van der Waals surface area contributed by atoms with Crippen molar-refractivity contribution in [3.63, 3.8) is 0 Å². The molecule has 164 valence electrons. The molecule has 0 fully saturated rings. The molecule has 6 aromatic rings. The molecule has 6 rings (SSSR count). The van der Waals surface area contributed by atoms with Crippen LogP contribution in [0.3, 0.4) is 0 Å². The highest BCUT2D eigenvalue weighted by Crippen LogP contribution is 2.44. The van der Waals surface area contributed by atoms with Crippen LogP contribution in [0.5, 0.6) is 10.8 Å². The lowest BCUT2D eigenvalue weighted by molar-refractivity contribution is 0.496. The highest BCUT2D eigenvalue weighted by molar-refractivity contribution is 7.99. The third-order valence-electron chi connectivity index (χ3n) is 5.69. The lowest BCUT2D eigenvalue weighted by Gasteiger charge is -2.09. The number of benzene rings is 4. The second-order valence-corrected chi connectivity index (χ2v) is 9.89. The minimum Gasteiger partial charge on any atom is -0.447 e. The summed E-state index contributed by atoms with van der Waals surface area (Å²) in [4.78, 5) is 4.86. The summed E-state index contributed by atoms with van der Waals surface area (Å²) < 4.78 is 5.93. The van der Waals surface area contributed by atoms with Crippen LogP contribution >= 0.6 is 23.1 Å². The van der Waals surface area contributed by atoms with Crippen LogP contribution < -0.4 is 4.74 Å². The molecule has 4 aromatic carbocycles. The van der Waals surface area contributed by atoms with Crippen molar-refractivity contribution < 1.29 is 4.74 Å². The molecule has 0 aliphatic heterocycles. The zero-order valence-electron chi connectivity index (χ0n) is 18.3. The molecule has 0 bridgehead atoms. The maximum atomic E-state index is 5.93. The quantitative estimate of drug-likeness (QED) is 0.259. The van der Waals surface area contributed by atoms with Gasteiger partial charge in [-0.05, 0) is 64.5 Å². The molecule has 0 amide bonds. The van der Waals surface area contributed by atoms with Gasteiger partial charge < -0.3 is 9.72 Å². The molecule has 0 atom stereocenters. The Labute approximate surface area is 206 Å². The maximum Gasteiger partial charge on any atom is 0.180 e. The Morgan fingerprint density at radius 3 is 2.09 bits per heavy atom. The largest absolute Gasteiger partial charge is 0.447 e. The van der Waals surface area contributed by atoms with Crippen molar-refractivity contribution in [3.8, 4) is 33.1 Å². The highest BCUT2D eigenvalue weighted by Gasteiger charge is 2.18. The predicted octanol–water partition coefficient (Wildman–Crippen LogP) is 9.51. The Morgan fingerprint density at radius 1 is 0.647 bits per heavy atom. The van der Waals surface area contributed by atoms with E-state index in [1.54, 1.807) is 23.1 Å². The maximum absolute atomic E-state index is 5.93. The second-order valence-electron chi connectivity index (χ2n) is 7.90. The molecule has 2 nitrogen and oxygen atoms in total. The molecule has 2 heterocycles. The van der Waals surface area contributed by atoms with Crippen molar-refractivity contribution in [2.45, 2.75) is 9.92 Å². The first-order valence-corrected chi connectivity index (χ1v) is 12.8. The fraction of sp³-hybridized carbons (Fsp3) is 0. The fourth-order valence-corrected chi connectivity index (χ4v) is 5.75. The van der Waals surface area contributed by atoms with Crippen LogP contribution in [0.15, 0.2) is 131 Å². The Bertz CT molecular complexity index is 1520. The van der Waals surface area contributed by atoms with E-state index >= 15 is 0 Å².